The topological polar surface area (TPSA) is 69.6 Å². The van der Waals surface area contributed by atoms with Crippen molar-refractivity contribution >= 4 is 12.0 Å². The number of likely N-dealkylation sites (tertiary alicyclic amines) is 1. The Balaban J connectivity index is 2.31. The molecular weight excluding hydrogens is 220 g/mol. The van der Waals surface area contributed by atoms with E-state index in [9.17, 15) is 9.59 Å². The second-order valence-corrected chi connectivity index (χ2v) is 4.57. The molecule has 2 N–H and O–H groups in total. The van der Waals surface area contributed by atoms with E-state index in [-0.39, 0.29) is 11.9 Å². The fraction of sp³-hybridized carbons (Fsp3) is 0.667. The summed E-state index contributed by atoms with van der Waals surface area (Å²) < 4.78 is 0. The third-order valence-corrected chi connectivity index (χ3v) is 2.90. The van der Waals surface area contributed by atoms with Crippen molar-refractivity contribution in [3.05, 3.63) is 11.6 Å². The fourth-order valence-corrected chi connectivity index (χ4v) is 1.78. The first-order chi connectivity index (χ1) is 8.00. The van der Waals surface area contributed by atoms with Crippen LogP contribution in [0.5, 0.6) is 0 Å². The first kappa shape index (κ1) is 13.5. The summed E-state index contributed by atoms with van der Waals surface area (Å²) in [4.78, 5) is 24.1. The molecule has 1 rings (SSSR count). The lowest BCUT2D eigenvalue weighted by molar-refractivity contribution is -0.143. The largest absolute Gasteiger partial charge is 0.481 e. The summed E-state index contributed by atoms with van der Waals surface area (Å²) in [5.74, 6) is -1.05. The standard InChI is InChI=1S/C12H20N2O3/c1-9(2)3-6-13-12(17)14-7-4-10(5-8-14)11(15)16/h3,10H,4-8H2,1-2H3,(H,13,17)(H,15,16). The quantitative estimate of drug-likeness (QED) is 0.734. The van der Waals surface area contributed by atoms with E-state index in [2.05, 4.69) is 5.32 Å². The van der Waals surface area contributed by atoms with Gasteiger partial charge in [0.15, 0.2) is 0 Å². The fourth-order valence-electron chi connectivity index (χ4n) is 1.78. The number of allylic oxidation sites excluding steroid dienone is 1. The molecule has 1 aliphatic rings. The summed E-state index contributed by atoms with van der Waals surface area (Å²) in [6, 6.07) is -0.105. The summed E-state index contributed by atoms with van der Waals surface area (Å²) in [6.45, 7) is 5.53. The van der Waals surface area contributed by atoms with Crippen LogP contribution in [-0.4, -0.2) is 41.6 Å². The lowest BCUT2D eigenvalue weighted by atomic mass is 9.97. The number of piperidine rings is 1. The van der Waals surface area contributed by atoms with Gasteiger partial charge in [-0.2, -0.15) is 0 Å². The molecule has 5 nitrogen and oxygen atoms in total. The molecule has 0 aromatic heterocycles. The van der Waals surface area contributed by atoms with Gasteiger partial charge < -0.3 is 15.3 Å². The number of hydrogen-bond donors (Lipinski definition) is 2. The molecule has 0 aromatic rings. The number of carboxylic acid groups (broad SMARTS) is 1. The first-order valence-corrected chi connectivity index (χ1v) is 5.89. The lowest BCUT2D eigenvalue weighted by Crippen LogP contribution is -2.45. The lowest BCUT2D eigenvalue weighted by Gasteiger charge is -2.30. The Kier molecular flexibility index (Phi) is 5.00. The molecule has 1 saturated heterocycles. The molecule has 2 amide bonds. The monoisotopic (exact) mass is 240 g/mol. The minimum Gasteiger partial charge on any atom is -0.481 e. The van der Waals surface area contributed by atoms with Crippen LogP contribution in [-0.2, 0) is 4.79 Å². The highest BCUT2D eigenvalue weighted by Gasteiger charge is 2.26. The average Bonchev–Trinajstić information content (AvgIpc) is 2.28. The first-order valence-electron chi connectivity index (χ1n) is 5.89. The number of amides is 2. The van der Waals surface area contributed by atoms with Gasteiger partial charge in [0.2, 0.25) is 0 Å². The smallest absolute Gasteiger partial charge is 0.317 e. The van der Waals surface area contributed by atoms with E-state index in [1.165, 1.54) is 0 Å². The van der Waals surface area contributed by atoms with E-state index < -0.39 is 5.97 Å². The Labute approximate surface area is 101 Å². The molecule has 5 heteroatoms. The average molecular weight is 240 g/mol. The molecule has 0 unspecified atom stereocenters. The summed E-state index contributed by atoms with van der Waals surface area (Å²) >= 11 is 0. The number of nitrogens with one attached hydrogen (secondary N) is 1. The normalized spacial score (nSPS) is 16.5. The van der Waals surface area contributed by atoms with Crippen LogP contribution in [0.3, 0.4) is 0 Å². The van der Waals surface area contributed by atoms with Crippen molar-refractivity contribution < 1.29 is 14.7 Å². The summed E-state index contributed by atoms with van der Waals surface area (Å²) in [5.41, 5.74) is 1.16. The highest BCUT2D eigenvalue weighted by molar-refractivity contribution is 5.75. The molecule has 0 spiro atoms. The van der Waals surface area contributed by atoms with Crippen LogP contribution in [0, 0.1) is 5.92 Å². The van der Waals surface area contributed by atoms with Gasteiger partial charge >= 0.3 is 12.0 Å². The Morgan fingerprint density at radius 1 is 1.35 bits per heavy atom. The Bertz CT molecular complexity index is 314. The van der Waals surface area contributed by atoms with Gasteiger partial charge in [-0.3, -0.25) is 4.79 Å². The van der Waals surface area contributed by atoms with Gasteiger partial charge in [-0.1, -0.05) is 11.6 Å². The summed E-state index contributed by atoms with van der Waals surface area (Å²) in [7, 11) is 0. The van der Waals surface area contributed by atoms with Crippen LogP contribution in [0.15, 0.2) is 11.6 Å². The van der Waals surface area contributed by atoms with Gasteiger partial charge in [0.25, 0.3) is 0 Å². The van der Waals surface area contributed by atoms with E-state index in [0.29, 0.717) is 32.5 Å². The second kappa shape index (κ2) is 6.27. The van der Waals surface area contributed by atoms with Crippen LogP contribution < -0.4 is 5.32 Å². The van der Waals surface area contributed by atoms with Crippen LogP contribution >= 0.6 is 0 Å². The number of rotatable bonds is 3. The summed E-state index contributed by atoms with van der Waals surface area (Å²) in [6.07, 6.45) is 3.04. The van der Waals surface area contributed by atoms with Crippen LogP contribution in [0.25, 0.3) is 0 Å². The zero-order valence-corrected chi connectivity index (χ0v) is 10.4. The highest BCUT2D eigenvalue weighted by Crippen LogP contribution is 2.16. The van der Waals surface area contributed by atoms with Crippen molar-refractivity contribution in [2.45, 2.75) is 26.7 Å². The Morgan fingerprint density at radius 2 is 1.94 bits per heavy atom. The van der Waals surface area contributed by atoms with Gasteiger partial charge in [-0.05, 0) is 26.7 Å². The van der Waals surface area contributed by atoms with Crippen LogP contribution in [0.1, 0.15) is 26.7 Å². The van der Waals surface area contributed by atoms with Gasteiger partial charge in [0.05, 0.1) is 5.92 Å². The minimum atomic E-state index is -0.755. The predicted molar refractivity (Wildman–Crippen MR) is 64.8 cm³/mol. The molecular formula is C12H20N2O3. The molecule has 0 bridgehead atoms. The number of nitrogens with zero attached hydrogens (tertiary/aromatic N) is 1. The molecule has 1 heterocycles. The highest BCUT2D eigenvalue weighted by atomic mass is 16.4. The number of aliphatic carboxylic acids is 1. The molecule has 0 atom stereocenters. The third kappa shape index (κ3) is 4.46. The van der Waals surface area contributed by atoms with Gasteiger partial charge in [-0.25, -0.2) is 4.79 Å². The maximum absolute atomic E-state index is 11.7. The molecule has 1 aliphatic heterocycles. The van der Waals surface area contributed by atoms with E-state index in [1.807, 2.05) is 19.9 Å². The van der Waals surface area contributed by atoms with Gasteiger partial charge in [0.1, 0.15) is 0 Å². The maximum atomic E-state index is 11.7. The molecule has 17 heavy (non-hydrogen) atoms. The van der Waals surface area contributed by atoms with Crippen molar-refractivity contribution in [2.75, 3.05) is 19.6 Å². The van der Waals surface area contributed by atoms with E-state index in [4.69, 9.17) is 5.11 Å². The molecule has 0 radical (unpaired) electrons. The molecule has 96 valence electrons. The molecule has 0 aliphatic carbocycles. The van der Waals surface area contributed by atoms with Crippen molar-refractivity contribution in [2.24, 2.45) is 5.92 Å². The van der Waals surface area contributed by atoms with Gasteiger partial charge in [0, 0.05) is 19.6 Å². The van der Waals surface area contributed by atoms with E-state index >= 15 is 0 Å². The molecule has 1 fully saturated rings. The van der Waals surface area contributed by atoms with E-state index in [0.717, 1.165) is 5.57 Å². The summed E-state index contributed by atoms with van der Waals surface area (Å²) in [5, 5.41) is 11.6. The van der Waals surface area contributed by atoms with Crippen molar-refractivity contribution in [3.8, 4) is 0 Å². The van der Waals surface area contributed by atoms with Gasteiger partial charge in [-0.15, -0.1) is 0 Å². The van der Waals surface area contributed by atoms with Crippen molar-refractivity contribution in [3.63, 3.8) is 0 Å². The zero-order chi connectivity index (χ0) is 12.8. The molecule has 0 aromatic carbocycles. The number of hydrogen-bond acceptors (Lipinski definition) is 2. The number of urea groups is 1. The van der Waals surface area contributed by atoms with E-state index in [1.54, 1.807) is 4.90 Å². The van der Waals surface area contributed by atoms with Crippen molar-refractivity contribution in [1.29, 1.82) is 0 Å². The third-order valence-electron chi connectivity index (χ3n) is 2.90. The molecule has 0 saturated carbocycles. The van der Waals surface area contributed by atoms with Crippen LogP contribution in [0.4, 0.5) is 4.79 Å². The number of carboxylic acids is 1. The van der Waals surface area contributed by atoms with Crippen molar-refractivity contribution in [1.82, 2.24) is 10.2 Å². The number of carbonyl (C=O) groups is 2. The SMILES string of the molecule is CC(C)=CCNC(=O)N1CCC(C(=O)O)CC1. The second-order valence-electron chi connectivity index (χ2n) is 4.57. The maximum Gasteiger partial charge on any atom is 0.317 e. The van der Waals surface area contributed by atoms with Crippen LogP contribution in [0.2, 0.25) is 0 Å². The zero-order valence-electron chi connectivity index (χ0n) is 10.4. The Hall–Kier alpha value is -1.52. The Morgan fingerprint density at radius 3 is 2.41 bits per heavy atom. The number of carbonyl (C=O) groups excluding carboxylic acids is 1. The minimum absolute atomic E-state index is 0.105. The predicted octanol–water partition coefficient (Wildman–Crippen LogP) is 1.46.